The fourth-order valence-corrected chi connectivity index (χ4v) is 0.802. The Hall–Kier alpha value is 0.430. The van der Waals surface area contributed by atoms with Crippen LogP contribution < -0.4 is 40.0 Å². The second kappa shape index (κ2) is 10.4. The van der Waals surface area contributed by atoms with Crippen molar-refractivity contribution in [2.24, 2.45) is 0 Å². The molecule has 1 N–H and O–H groups in total. The average Bonchev–Trinajstić information content (AvgIpc) is 1.90. The zero-order valence-electron chi connectivity index (χ0n) is 7.35. The minimum Gasteiger partial charge on any atom is -0.550 e. The standard InChI is InChI=1S/C5H11N.C2H4O2.Na/c1-2-4-6-5-3-1;1-2(3)4;/h6H,1-5H2;1H3,(H,3,4);/q;;+1/p-1. The summed E-state index contributed by atoms with van der Waals surface area (Å²) in [4.78, 5) is 8.89. The van der Waals surface area contributed by atoms with Crippen LogP contribution in [0.15, 0.2) is 0 Å². The van der Waals surface area contributed by atoms with Gasteiger partial charge in [-0.2, -0.15) is 0 Å². The van der Waals surface area contributed by atoms with E-state index in [1.807, 2.05) is 0 Å². The van der Waals surface area contributed by atoms with Crippen LogP contribution in [-0.4, -0.2) is 19.1 Å². The van der Waals surface area contributed by atoms with Gasteiger partial charge in [0, 0.05) is 5.97 Å². The first-order chi connectivity index (χ1) is 4.73. The second-order valence-corrected chi connectivity index (χ2v) is 2.30. The van der Waals surface area contributed by atoms with Gasteiger partial charge in [0.15, 0.2) is 0 Å². The largest absolute Gasteiger partial charge is 1.00 e. The Labute approximate surface area is 89.8 Å². The molecule has 0 bridgehead atoms. The van der Waals surface area contributed by atoms with E-state index in [1.54, 1.807) is 0 Å². The van der Waals surface area contributed by atoms with Crippen LogP contribution in [0.1, 0.15) is 26.2 Å². The van der Waals surface area contributed by atoms with E-state index in [-0.39, 0.29) is 29.6 Å². The van der Waals surface area contributed by atoms with Gasteiger partial charge in [-0.1, -0.05) is 6.42 Å². The van der Waals surface area contributed by atoms with Crippen molar-refractivity contribution in [3.05, 3.63) is 0 Å². The molecule has 4 heteroatoms. The predicted octanol–water partition coefficient (Wildman–Crippen LogP) is -3.48. The third-order valence-corrected chi connectivity index (χ3v) is 1.21. The first-order valence-electron chi connectivity index (χ1n) is 3.62. The molecule has 0 aromatic carbocycles. The number of carbonyl (C=O) groups excluding carboxylic acids is 1. The first kappa shape index (κ1) is 14.0. The zero-order valence-corrected chi connectivity index (χ0v) is 9.35. The quantitative estimate of drug-likeness (QED) is 0.381. The number of piperidine rings is 1. The molecule has 0 aromatic heterocycles. The van der Waals surface area contributed by atoms with E-state index in [4.69, 9.17) is 9.90 Å². The van der Waals surface area contributed by atoms with Crippen LogP contribution in [0.25, 0.3) is 0 Å². The van der Waals surface area contributed by atoms with Crippen molar-refractivity contribution >= 4 is 5.97 Å². The Morgan fingerprint density at radius 2 is 1.64 bits per heavy atom. The van der Waals surface area contributed by atoms with Gasteiger partial charge in [0.2, 0.25) is 0 Å². The summed E-state index contributed by atoms with van der Waals surface area (Å²) in [6.45, 7) is 3.47. The molecule has 0 aromatic rings. The number of rotatable bonds is 0. The van der Waals surface area contributed by atoms with Crippen LogP contribution in [0.2, 0.25) is 0 Å². The summed E-state index contributed by atoms with van der Waals surface area (Å²) in [5, 5.41) is 12.2. The second-order valence-electron chi connectivity index (χ2n) is 2.30. The normalized spacial score (nSPS) is 15.4. The SMILES string of the molecule is C1CCNCC1.CC(=O)[O-].[Na+]. The molecule has 1 aliphatic heterocycles. The third kappa shape index (κ3) is 17.9. The summed E-state index contributed by atoms with van der Waals surface area (Å²) in [6.07, 6.45) is 4.22. The molecule has 0 unspecified atom stereocenters. The van der Waals surface area contributed by atoms with Gasteiger partial charge in [-0.3, -0.25) is 0 Å². The number of aliphatic carboxylic acids is 1. The maximum Gasteiger partial charge on any atom is 1.00 e. The van der Waals surface area contributed by atoms with E-state index >= 15 is 0 Å². The van der Waals surface area contributed by atoms with Crippen molar-refractivity contribution in [2.45, 2.75) is 26.2 Å². The molecule has 1 rings (SSSR count). The van der Waals surface area contributed by atoms with Crippen molar-refractivity contribution in [3.63, 3.8) is 0 Å². The molecular formula is C7H14NNaO2. The maximum atomic E-state index is 8.89. The molecule has 11 heavy (non-hydrogen) atoms. The number of carboxylic acid groups (broad SMARTS) is 1. The van der Waals surface area contributed by atoms with Gasteiger partial charge in [0.25, 0.3) is 0 Å². The number of hydrogen-bond donors (Lipinski definition) is 1. The molecule has 0 atom stereocenters. The van der Waals surface area contributed by atoms with Gasteiger partial charge in [-0.25, -0.2) is 0 Å². The molecule has 1 heterocycles. The van der Waals surface area contributed by atoms with Crippen LogP contribution in [0.3, 0.4) is 0 Å². The van der Waals surface area contributed by atoms with Gasteiger partial charge >= 0.3 is 29.6 Å². The fourth-order valence-electron chi connectivity index (χ4n) is 0.802. The summed E-state index contributed by atoms with van der Waals surface area (Å²) in [5.41, 5.74) is 0. The molecule has 3 nitrogen and oxygen atoms in total. The topological polar surface area (TPSA) is 52.2 Å². The van der Waals surface area contributed by atoms with Gasteiger partial charge in [0.1, 0.15) is 0 Å². The predicted molar refractivity (Wildman–Crippen MR) is 37.4 cm³/mol. The Kier molecular flexibility index (Phi) is 13.3. The van der Waals surface area contributed by atoms with Crippen LogP contribution >= 0.6 is 0 Å². The van der Waals surface area contributed by atoms with E-state index in [9.17, 15) is 0 Å². The monoisotopic (exact) mass is 167 g/mol. The van der Waals surface area contributed by atoms with Crippen LogP contribution in [0, 0.1) is 0 Å². The first-order valence-corrected chi connectivity index (χ1v) is 3.62. The van der Waals surface area contributed by atoms with Crippen molar-refractivity contribution in [1.82, 2.24) is 5.32 Å². The smallest absolute Gasteiger partial charge is 0.550 e. The molecular weight excluding hydrogens is 153 g/mol. The van der Waals surface area contributed by atoms with Crippen molar-refractivity contribution in [1.29, 1.82) is 0 Å². The Bertz CT molecular complexity index is 78.9. The molecule has 1 saturated heterocycles. The Morgan fingerprint density at radius 1 is 1.27 bits per heavy atom. The van der Waals surface area contributed by atoms with Crippen LogP contribution in [-0.2, 0) is 4.79 Å². The van der Waals surface area contributed by atoms with Crippen molar-refractivity contribution < 1.29 is 39.5 Å². The fraction of sp³-hybridized carbons (Fsp3) is 0.857. The number of hydrogen-bond acceptors (Lipinski definition) is 3. The molecule has 0 aliphatic carbocycles. The van der Waals surface area contributed by atoms with E-state index in [2.05, 4.69) is 5.32 Å². The average molecular weight is 167 g/mol. The molecule has 60 valence electrons. The van der Waals surface area contributed by atoms with Crippen LogP contribution in [0.5, 0.6) is 0 Å². The molecule has 0 saturated carbocycles. The maximum absolute atomic E-state index is 8.89. The minimum atomic E-state index is -1.08. The third-order valence-electron chi connectivity index (χ3n) is 1.21. The molecule has 1 fully saturated rings. The summed E-state index contributed by atoms with van der Waals surface area (Å²) in [6, 6.07) is 0. The molecule has 0 amide bonds. The van der Waals surface area contributed by atoms with Gasteiger partial charge < -0.3 is 15.2 Å². The van der Waals surface area contributed by atoms with E-state index in [0.717, 1.165) is 6.92 Å². The van der Waals surface area contributed by atoms with Crippen molar-refractivity contribution in [2.75, 3.05) is 13.1 Å². The van der Waals surface area contributed by atoms with Gasteiger partial charge in [-0.15, -0.1) is 0 Å². The van der Waals surface area contributed by atoms with Gasteiger partial charge in [0.05, 0.1) is 0 Å². The molecule has 0 radical (unpaired) electrons. The van der Waals surface area contributed by atoms with Gasteiger partial charge in [-0.05, 0) is 32.9 Å². The Morgan fingerprint density at radius 3 is 1.73 bits per heavy atom. The van der Waals surface area contributed by atoms with E-state index in [1.165, 1.54) is 32.4 Å². The van der Waals surface area contributed by atoms with Crippen molar-refractivity contribution in [3.8, 4) is 0 Å². The molecule has 0 spiro atoms. The summed E-state index contributed by atoms with van der Waals surface area (Å²) in [7, 11) is 0. The van der Waals surface area contributed by atoms with E-state index < -0.39 is 5.97 Å². The molecule has 1 aliphatic rings. The number of carbonyl (C=O) groups is 1. The minimum absolute atomic E-state index is 0. The Balaban J connectivity index is 0. The van der Waals surface area contributed by atoms with E-state index in [0.29, 0.717) is 0 Å². The summed E-state index contributed by atoms with van der Waals surface area (Å²) >= 11 is 0. The summed E-state index contributed by atoms with van der Waals surface area (Å²) in [5.74, 6) is -1.08. The number of nitrogens with one attached hydrogen (secondary N) is 1. The zero-order chi connectivity index (χ0) is 7.82. The number of carboxylic acids is 1. The van der Waals surface area contributed by atoms with Crippen LogP contribution in [0.4, 0.5) is 0 Å². The summed E-state index contributed by atoms with van der Waals surface area (Å²) < 4.78 is 0.